The summed E-state index contributed by atoms with van der Waals surface area (Å²) in [5.41, 5.74) is 1.58. The third-order valence-corrected chi connectivity index (χ3v) is 5.91. The molecule has 0 saturated carbocycles. The summed E-state index contributed by atoms with van der Waals surface area (Å²) in [4.78, 5) is 15.4. The number of nitrogens with zero attached hydrogens (tertiary/aromatic N) is 1. The van der Waals surface area contributed by atoms with E-state index in [4.69, 9.17) is 21.7 Å². The maximum atomic E-state index is 13.3. The molecule has 0 spiro atoms. The number of para-hydroxylation sites is 1. The van der Waals surface area contributed by atoms with Crippen molar-refractivity contribution in [3.8, 4) is 11.5 Å². The predicted molar refractivity (Wildman–Crippen MR) is 124 cm³/mol. The summed E-state index contributed by atoms with van der Waals surface area (Å²) < 4.78 is 11.7. The number of benzene rings is 3. The third-order valence-electron chi connectivity index (χ3n) is 4.61. The van der Waals surface area contributed by atoms with Gasteiger partial charge in [0.2, 0.25) is 0 Å². The van der Waals surface area contributed by atoms with Crippen molar-refractivity contribution < 1.29 is 14.3 Å². The fourth-order valence-electron chi connectivity index (χ4n) is 3.33. The lowest BCUT2D eigenvalue weighted by Crippen LogP contribution is -2.27. The van der Waals surface area contributed by atoms with Crippen molar-refractivity contribution in [1.29, 1.82) is 0 Å². The van der Waals surface area contributed by atoms with Gasteiger partial charge in [-0.05, 0) is 30.5 Å². The highest BCUT2D eigenvalue weighted by Crippen LogP contribution is 2.40. The Balaban J connectivity index is 1.76. The van der Waals surface area contributed by atoms with Crippen LogP contribution in [0.25, 0.3) is 16.8 Å². The first kappa shape index (κ1) is 19.5. The number of carbonyl (C=O) groups excluding carboxylic acids is 1. The maximum Gasteiger partial charge on any atom is 0.270 e. The Bertz CT molecular complexity index is 1130. The Morgan fingerprint density at radius 1 is 1.07 bits per heavy atom. The number of anilines is 1. The fourth-order valence-corrected chi connectivity index (χ4v) is 4.60. The van der Waals surface area contributed by atoms with Crippen LogP contribution in [0.15, 0.2) is 65.6 Å². The number of rotatable bonds is 5. The molecule has 1 aliphatic heterocycles. The highest BCUT2D eigenvalue weighted by atomic mass is 32.2. The minimum absolute atomic E-state index is 0.137. The standard InChI is InChI=1S/C23H19NO3S2/c1-3-27-21-16(10-7-13-19(21)26-2)14-20-22(25)24(23(28)29-20)18-12-6-9-15-8-4-5-11-17(15)18/h4-14H,3H2,1-2H3/b20-14-. The fraction of sp³-hybridized carbons (Fsp3) is 0.130. The van der Waals surface area contributed by atoms with Crippen LogP contribution in [0.1, 0.15) is 12.5 Å². The molecule has 29 heavy (non-hydrogen) atoms. The normalized spacial score (nSPS) is 15.4. The Morgan fingerprint density at radius 2 is 1.83 bits per heavy atom. The number of hydrogen-bond acceptors (Lipinski definition) is 5. The number of ether oxygens (including phenoxy) is 2. The quantitative estimate of drug-likeness (QED) is 0.393. The van der Waals surface area contributed by atoms with Gasteiger partial charge in [0, 0.05) is 10.9 Å². The van der Waals surface area contributed by atoms with Gasteiger partial charge in [0.15, 0.2) is 15.8 Å². The van der Waals surface area contributed by atoms with Crippen LogP contribution in [0.5, 0.6) is 11.5 Å². The van der Waals surface area contributed by atoms with Crippen LogP contribution in [0.3, 0.4) is 0 Å². The lowest BCUT2D eigenvalue weighted by molar-refractivity contribution is -0.113. The molecule has 0 radical (unpaired) electrons. The number of thioether (sulfide) groups is 1. The molecule has 0 aliphatic carbocycles. The van der Waals surface area contributed by atoms with E-state index in [-0.39, 0.29) is 5.91 Å². The zero-order valence-electron chi connectivity index (χ0n) is 16.0. The molecule has 3 aromatic rings. The summed E-state index contributed by atoms with van der Waals surface area (Å²) in [7, 11) is 1.60. The molecule has 6 heteroatoms. The van der Waals surface area contributed by atoms with E-state index in [1.54, 1.807) is 12.0 Å². The summed E-state index contributed by atoms with van der Waals surface area (Å²) in [5, 5.41) is 2.05. The monoisotopic (exact) mass is 421 g/mol. The molecule has 0 N–H and O–H groups in total. The van der Waals surface area contributed by atoms with E-state index in [1.807, 2.05) is 73.7 Å². The van der Waals surface area contributed by atoms with Crippen LogP contribution in [0.2, 0.25) is 0 Å². The van der Waals surface area contributed by atoms with E-state index in [1.165, 1.54) is 11.8 Å². The number of methoxy groups -OCH3 is 1. The first-order valence-electron chi connectivity index (χ1n) is 9.19. The van der Waals surface area contributed by atoms with E-state index in [0.29, 0.717) is 27.3 Å². The average molecular weight is 422 g/mol. The van der Waals surface area contributed by atoms with Gasteiger partial charge < -0.3 is 9.47 Å². The van der Waals surface area contributed by atoms with Crippen LogP contribution in [0, 0.1) is 0 Å². The highest BCUT2D eigenvalue weighted by Gasteiger charge is 2.34. The molecular formula is C23H19NO3S2. The summed E-state index contributed by atoms with van der Waals surface area (Å²) in [6, 6.07) is 19.5. The lowest BCUT2D eigenvalue weighted by atomic mass is 10.1. The summed E-state index contributed by atoms with van der Waals surface area (Å²) in [6.07, 6.45) is 1.82. The van der Waals surface area contributed by atoms with Crippen molar-refractivity contribution in [1.82, 2.24) is 0 Å². The number of carbonyl (C=O) groups is 1. The number of hydrogen-bond donors (Lipinski definition) is 0. The molecule has 1 fully saturated rings. The van der Waals surface area contributed by atoms with Gasteiger partial charge in [0.1, 0.15) is 0 Å². The van der Waals surface area contributed by atoms with Crippen molar-refractivity contribution in [2.24, 2.45) is 0 Å². The van der Waals surface area contributed by atoms with Gasteiger partial charge >= 0.3 is 0 Å². The van der Waals surface area contributed by atoms with Gasteiger partial charge in [-0.1, -0.05) is 72.5 Å². The molecule has 1 aliphatic rings. The molecule has 1 saturated heterocycles. The van der Waals surface area contributed by atoms with Crippen molar-refractivity contribution in [2.45, 2.75) is 6.92 Å². The predicted octanol–water partition coefficient (Wildman–Crippen LogP) is 5.65. The molecule has 1 heterocycles. The molecule has 4 nitrogen and oxygen atoms in total. The van der Waals surface area contributed by atoms with E-state index >= 15 is 0 Å². The minimum Gasteiger partial charge on any atom is -0.493 e. The van der Waals surface area contributed by atoms with E-state index in [0.717, 1.165) is 22.0 Å². The number of fused-ring (bicyclic) bond motifs is 1. The van der Waals surface area contributed by atoms with Gasteiger partial charge in [-0.25, -0.2) is 0 Å². The molecule has 1 amide bonds. The van der Waals surface area contributed by atoms with Crippen LogP contribution in [-0.2, 0) is 4.79 Å². The SMILES string of the molecule is CCOc1c(/C=C2\SC(=S)N(c3cccc4ccccc34)C2=O)cccc1OC. The smallest absolute Gasteiger partial charge is 0.270 e. The van der Waals surface area contributed by atoms with Crippen molar-refractivity contribution in [3.05, 3.63) is 71.1 Å². The van der Waals surface area contributed by atoms with E-state index in [9.17, 15) is 4.79 Å². The minimum atomic E-state index is -0.137. The van der Waals surface area contributed by atoms with Crippen LogP contribution < -0.4 is 14.4 Å². The second kappa shape index (κ2) is 8.27. The molecule has 4 rings (SSSR count). The summed E-state index contributed by atoms with van der Waals surface area (Å²) in [5.74, 6) is 1.11. The van der Waals surface area contributed by atoms with Gasteiger partial charge in [-0.3, -0.25) is 9.69 Å². The lowest BCUT2D eigenvalue weighted by Gasteiger charge is -2.17. The topological polar surface area (TPSA) is 38.8 Å². The maximum absolute atomic E-state index is 13.3. The molecule has 3 aromatic carbocycles. The zero-order chi connectivity index (χ0) is 20.4. The van der Waals surface area contributed by atoms with Crippen LogP contribution in [0.4, 0.5) is 5.69 Å². The second-order valence-corrected chi connectivity index (χ2v) is 8.00. The number of thiocarbonyl (C=S) groups is 1. The second-order valence-electron chi connectivity index (χ2n) is 6.33. The van der Waals surface area contributed by atoms with Gasteiger partial charge in [-0.15, -0.1) is 0 Å². The summed E-state index contributed by atoms with van der Waals surface area (Å²) >= 11 is 6.85. The van der Waals surface area contributed by atoms with Gasteiger partial charge in [0.25, 0.3) is 5.91 Å². The van der Waals surface area contributed by atoms with Crippen molar-refractivity contribution in [2.75, 3.05) is 18.6 Å². The van der Waals surface area contributed by atoms with Crippen LogP contribution in [-0.4, -0.2) is 23.9 Å². The third kappa shape index (κ3) is 3.61. The molecule has 0 unspecified atom stereocenters. The van der Waals surface area contributed by atoms with E-state index in [2.05, 4.69) is 0 Å². The van der Waals surface area contributed by atoms with Gasteiger partial charge in [-0.2, -0.15) is 0 Å². The van der Waals surface area contributed by atoms with Gasteiger partial charge in [0.05, 0.1) is 24.3 Å². The van der Waals surface area contributed by atoms with Crippen molar-refractivity contribution >= 4 is 56.7 Å². The first-order valence-corrected chi connectivity index (χ1v) is 10.4. The molecule has 0 aromatic heterocycles. The van der Waals surface area contributed by atoms with Crippen molar-refractivity contribution in [3.63, 3.8) is 0 Å². The Kier molecular flexibility index (Phi) is 5.56. The first-order chi connectivity index (χ1) is 14.1. The molecule has 0 bridgehead atoms. The molecule has 0 atom stereocenters. The zero-order valence-corrected chi connectivity index (χ0v) is 17.7. The Hall–Kier alpha value is -2.83. The largest absolute Gasteiger partial charge is 0.493 e. The Labute approximate surface area is 179 Å². The highest BCUT2D eigenvalue weighted by molar-refractivity contribution is 8.27. The Morgan fingerprint density at radius 3 is 2.62 bits per heavy atom. The molecule has 146 valence electrons. The van der Waals surface area contributed by atoms with E-state index < -0.39 is 0 Å². The van der Waals surface area contributed by atoms with Crippen LogP contribution >= 0.6 is 24.0 Å². The summed E-state index contributed by atoms with van der Waals surface area (Å²) in [6.45, 7) is 2.41. The number of amides is 1. The average Bonchev–Trinajstić information content (AvgIpc) is 3.02. The molecular weight excluding hydrogens is 402 g/mol.